The lowest BCUT2D eigenvalue weighted by atomic mass is 10.1. The molecule has 0 unspecified atom stereocenters. The molecule has 0 aliphatic rings. The second kappa shape index (κ2) is 6.47. The molecule has 0 aliphatic heterocycles. The van der Waals surface area contributed by atoms with Gasteiger partial charge < -0.3 is 25.4 Å². The minimum atomic E-state index is -1.30. The van der Waals surface area contributed by atoms with Crippen LogP contribution in [0.2, 0.25) is 0 Å². The summed E-state index contributed by atoms with van der Waals surface area (Å²) in [4.78, 5) is 21.0. The molecule has 3 atom stereocenters. The maximum Gasteiger partial charge on any atom is 0.217 e. The molecular weight excluding hydrogens is 190 g/mol. The van der Waals surface area contributed by atoms with E-state index in [0.717, 1.165) is 0 Å². The molecule has 82 valence electrons. The number of hydrogen-bond donors (Lipinski definition) is 4. The minimum Gasteiger partial charge on any atom is -0.394 e. The van der Waals surface area contributed by atoms with E-state index in [1.54, 1.807) is 0 Å². The number of amides is 1. The van der Waals surface area contributed by atoms with Gasteiger partial charge in [-0.25, -0.2) is 0 Å². The average Bonchev–Trinajstić information content (AvgIpc) is 2.14. The summed E-state index contributed by atoms with van der Waals surface area (Å²) in [5.41, 5.74) is 0. The molecule has 6 nitrogen and oxygen atoms in total. The van der Waals surface area contributed by atoms with E-state index in [0.29, 0.717) is 6.29 Å². The summed E-state index contributed by atoms with van der Waals surface area (Å²) < 4.78 is 0. The predicted octanol–water partition coefficient (Wildman–Crippen LogP) is -2.21. The summed E-state index contributed by atoms with van der Waals surface area (Å²) in [6.07, 6.45) is -2.19. The van der Waals surface area contributed by atoms with Gasteiger partial charge in [0, 0.05) is 13.3 Å². The number of carbonyl (C=O) groups excluding carboxylic acids is 2. The normalized spacial score (nSPS) is 16.9. The Morgan fingerprint density at radius 3 is 2.36 bits per heavy atom. The number of rotatable bonds is 6. The van der Waals surface area contributed by atoms with E-state index in [1.165, 1.54) is 6.92 Å². The SMILES string of the molecule is CC(=O)N[C@@H](C=O)C[C@H](O)[C@H](O)CO. The molecular formula is C8H15NO5. The number of aldehydes is 1. The van der Waals surface area contributed by atoms with Crippen LogP contribution in [0.5, 0.6) is 0 Å². The quantitative estimate of drug-likeness (QED) is 0.368. The highest BCUT2D eigenvalue weighted by molar-refractivity contribution is 5.77. The fourth-order valence-corrected chi connectivity index (χ4v) is 0.949. The van der Waals surface area contributed by atoms with Crippen LogP contribution in [0.15, 0.2) is 0 Å². The summed E-state index contributed by atoms with van der Waals surface area (Å²) in [5, 5.41) is 29.0. The van der Waals surface area contributed by atoms with Crippen LogP contribution in [-0.4, -0.2) is 52.4 Å². The highest BCUT2D eigenvalue weighted by Crippen LogP contribution is 2.01. The number of aliphatic hydroxyl groups excluding tert-OH is 3. The predicted molar refractivity (Wildman–Crippen MR) is 47.4 cm³/mol. The van der Waals surface area contributed by atoms with Crippen LogP contribution in [-0.2, 0) is 9.59 Å². The van der Waals surface area contributed by atoms with Crippen molar-refractivity contribution in [2.24, 2.45) is 0 Å². The Morgan fingerprint density at radius 2 is 2.00 bits per heavy atom. The molecule has 4 N–H and O–H groups in total. The van der Waals surface area contributed by atoms with Crippen LogP contribution in [0.1, 0.15) is 13.3 Å². The van der Waals surface area contributed by atoms with Crippen LogP contribution in [0.3, 0.4) is 0 Å². The van der Waals surface area contributed by atoms with Crippen molar-refractivity contribution in [2.75, 3.05) is 6.61 Å². The van der Waals surface area contributed by atoms with Crippen LogP contribution in [0, 0.1) is 0 Å². The number of nitrogens with one attached hydrogen (secondary N) is 1. The molecule has 0 bridgehead atoms. The summed E-state index contributed by atoms with van der Waals surface area (Å²) in [6.45, 7) is 0.651. The first-order chi connectivity index (χ1) is 6.51. The van der Waals surface area contributed by atoms with Gasteiger partial charge in [-0.05, 0) is 0 Å². The van der Waals surface area contributed by atoms with Gasteiger partial charge >= 0.3 is 0 Å². The Hall–Kier alpha value is -0.980. The maximum atomic E-state index is 10.6. The number of aliphatic hydroxyl groups is 3. The Kier molecular flexibility index (Phi) is 6.02. The second-order valence-corrected chi connectivity index (χ2v) is 3.00. The van der Waals surface area contributed by atoms with Gasteiger partial charge in [-0.1, -0.05) is 0 Å². The molecule has 0 fully saturated rings. The first kappa shape index (κ1) is 13.0. The van der Waals surface area contributed by atoms with E-state index in [9.17, 15) is 14.7 Å². The standard InChI is InChI=1S/C8H15NO5/c1-5(12)9-6(3-10)2-7(13)8(14)4-11/h3,6-8,11,13-14H,2,4H2,1H3,(H,9,12)/t6-,7+,8-/m1/s1. The van der Waals surface area contributed by atoms with Gasteiger partial charge in [-0.15, -0.1) is 0 Å². The van der Waals surface area contributed by atoms with Crippen molar-refractivity contribution < 1.29 is 24.9 Å². The van der Waals surface area contributed by atoms with E-state index in [2.05, 4.69) is 5.32 Å². The summed E-state index contributed by atoms with van der Waals surface area (Å²) >= 11 is 0. The molecule has 6 heteroatoms. The van der Waals surface area contributed by atoms with Gasteiger partial charge in [0.05, 0.1) is 18.8 Å². The monoisotopic (exact) mass is 205 g/mol. The van der Waals surface area contributed by atoms with Gasteiger partial charge in [-0.2, -0.15) is 0 Å². The lowest BCUT2D eigenvalue weighted by Crippen LogP contribution is -2.41. The van der Waals surface area contributed by atoms with Crippen LogP contribution in [0.4, 0.5) is 0 Å². The van der Waals surface area contributed by atoms with Crippen molar-refractivity contribution in [3.8, 4) is 0 Å². The summed E-state index contributed by atoms with van der Waals surface area (Å²) in [5.74, 6) is -0.396. The number of carbonyl (C=O) groups is 2. The number of hydrogen-bond acceptors (Lipinski definition) is 5. The van der Waals surface area contributed by atoms with E-state index in [1.807, 2.05) is 0 Å². The lowest BCUT2D eigenvalue weighted by molar-refractivity contribution is -0.123. The second-order valence-electron chi connectivity index (χ2n) is 3.00. The Labute approximate surface area is 81.5 Å². The minimum absolute atomic E-state index is 0.120. The van der Waals surface area contributed by atoms with Crippen molar-refractivity contribution in [2.45, 2.75) is 31.6 Å². The molecule has 0 rings (SSSR count). The first-order valence-electron chi connectivity index (χ1n) is 4.20. The Bertz CT molecular complexity index is 196. The molecule has 14 heavy (non-hydrogen) atoms. The van der Waals surface area contributed by atoms with Crippen molar-refractivity contribution >= 4 is 12.2 Å². The third-order valence-electron chi connectivity index (χ3n) is 1.68. The lowest BCUT2D eigenvalue weighted by Gasteiger charge is -2.19. The van der Waals surface area contributed by atoms with E-state index in [-0.39, 0.29) is 6.42 Å². The Balaban J connectivity index is 4.03. The zero-order valence-electron chi connectivity index (χ0n) is 7.88. The van der Waals surface area contributed by atoms with Crippen LogP contribution in [0.25, 0.3) is 0 Å². The van der Waals surface area contributed by atoms with Crippen molar-refractivity contribution in [1.82, 2.24) is 5.32 Å². The molecule has 0 radical (unpaired) electrons. The zero-order chi connectivity index (χ0) is 11.1. The third-order valence-corrected chi connectivity index (χ3v) is 1.68. The van der Waals surface area contributed by atoms with Gasteiger partial charge in [0.2, 0.25) is 5.91 Å². The molecule has 0 heterocycles. The van der Waals surface area contributed by atoms with Gasteiger partial charge in [0.1, 0.15) is 12.4 Å². The first-order valence-corrected chi connectivity index (χ1v) is 4.20. The molecule has 0 aliphatic carbocycles. The molecule has 0 aromatic rings. The van der Waals surface area contributed by atoms with Crippen LogP contribution >= 0.6 is 0 Å². The van der Waals surface area contributed by atoms with Crippen LogP contribution < -0.4 is 5.32 Å². The highest BCUT2D eigenvalue weighted by Gasteiger charge is 2.20. The largest absolute Gasteiger partial charge is 0.394 e. The highest BCUT2D eigenvalue weighted by atomic mass is 16.4. The van der Waals surface area contributed by atoms with E-state index < -0.39 is 30.8 Å². The van der Waals surface area contributed by atoms with E-state index >= 15 is 0 Å². The van der Waals surface area contributed by atoms with Crippen molar-refractivity contribution in [3.05, 3.63) is 0 Å². The zero-order valence-corrected chi connectivity index (χ0v) is 7.88. The van der Waals surface area contributed by atoms with Crippen molar-refractivity contribution in [3.63, 3.8) is 0 Å². The fraction of sp³-hybridized carbons (Fsp3) is 0.750. The maximum absolute atomic E-state index is 10.6. The smallest absolute Gasteiger partial charge is 0.217 e. The molecule has 0 saturated heterocycles. The van der Waals surface area contributed by atoms with Crippen molar-refractivity contribution in [1.29, 1.82) is 0 Å². The molecule has 1 amide bonds. The average molecular weight is 205 g/mol. The Morgan fingerprint density at radius 1 is 1.43 bits per heavy atom. The third kappa shape index (κ3) is 4.90. The summed E-state index contributed by atoms with van der Waals surface area (Å²) in [6, 6.07) is -0.844. The van der Waals surface area contributed by atoms with E-state index in [4.69, 9.17) is 10.2 Å². The fourth-order valence-electron chi connectivity index (χ4n) is 0.949. The molecule has 0 saturated carbocycles. The summed E-state index contributed by atoms with van der Waals surface area (Å²) in [7, 11) is 0. The molecule has 0 aromatic carbocycles. The molecule has 0 spiro atoms. The van der Waals surface area contributed by atoms with Gasteiger partial charge in [0.15, 0.2) is 0 Å². The van der Waals surface area contributed by atoms with Gasteiger partial charge in [0.25, 0.3) is 0 Å². The topological polar surface area (TPSA) is 107 Å². The molecule has 0 aromatic heterocycles. The van der Waals surface area contributed by atoms with Gasteiger partial charge in [-0.3, -0.25) is 4.79 Å².